The first-order valence-electron chi connectivity index (χ1n) is 6.41. The van der Waals surface area contributed by atoms with E-state index in [-0.39, 0.29) is 17.8 Å². The molecular formula is C14H19F2NO. The highest BCUT2D eigenvalue weighted by molar-refractivity contribution is 5.19. The summed E-state index contributed by atoms with van der Waals surface area (Å²) < 4.78 is 26.3. The van der Waals surface area contributed by atoms with Crippen molar-refractivity contribution < 1.29 is 13.9 Å². The molecule has 100 valence electrons. The average Bonchev–Trinajstić information content (AvgIpc) is 2.31. The van der Waals surface area contributed by atoms with Gasteiger partial charge in [0, 0.05) is 18.6 Å². The molecule has 1 aliphatic rings. The van der Waals surface area contributed by atoms with Gasteiger partial charge < -0.3 is 10.4 Å². The van der Waals surface area contributed by atoms with E-state index < -0.39 is 5.82 Å². The van der Waals surface area contributed by atoms with Crippen LogP contribution in [0, 0.1) is 17.0 Å². The Morgan fingerprint density at radius 1 is 1.28 bits per heavy atom. The molecule has 2 nitrogen and oxygen atoms in total. The second-order valence-electron chi connectivity index (χ2n) is 5.17. The molecule has 2 N–H and O–H groups in total. The van der Waals surface area contributed by atoms with Gasteiger partial charge in [-0.1, -0.05) is 6.42 Å². The van der Waals surface area contributed by atoms with Crippen molar-refractivity contribution in [2.45, 2.75) is 25.7 Å². The summed E-state index contributed by atoms with van der Waals surface area (Å²) in [5, 5.41) is 12.5. The molecule has 0 radical (unpaired) electrons. The molecule has 0 bridgehead atoms. The Morgan fingerprint density at radius 3 is 2.67 bits per heavy atom. The maximum atomic E-state index is 13.3. The van der Waals surface area contributed by atoms with E-state index in [0.29, 0.717) is 18.5 Å². The molecule has 0 spiro atoms. The zero-order valence-corrected chi connectivity index (χ0v) is 10.4. The van der Waals surface area contributed by atoms with Crippen LogP contribution in [0.3, 0.4) is 0 Å². The molecule has 18 heavy (non-hydrogen) atoms. The van der Waals surface area contributed by atoms with Gasteiger partial charge in [-0.2, -0.15) is 0 Å². The van der Waals surface area contributed by atoms with Crippen LogP contribution in [-0.4, -0.2) is 24.8 Å². The van der Waals surface area contributed by atoms with Crippen LogP contribution >= 0.6 is 0 Å². The summed E-state index contributed by atoms with van der Waals surface area (Å²) in [4.78, 5) is 0. The minimum absolute atomic E-state index is 0.0283. The smallest absolute Gasteiger partial charge is 0.126 e. The molecule has 0 saturated heterocycles. The van der Waals surface area contributed by atoms with Crippen molar-refractivity contribution in [2.75, 3.05) is 19.7 Å². The molecule has 2 rings (SSSR count). The number of rotatable bonds is 6. The lowest BCUT2D eigenvalue weighted by Crippen LogP contribution is -2.43. The lowest BCUT2D eigenvalue weighted by Gasteiger charge is -2.40. The summed E-state index contributed by atoms with van der Waals surface area (Å²) in [7, 11) is 0. The summed E-state index contributed by atoms with van der Waals surface area (Å²) in [5.41, 5.74) is 0.426. The number of aliphatic hydroxyl groups excluding tert-OH is 1. The molecule has 0 aliphatic heterocycles. The van der Waals surface area contributed by atoms with Crippen LogP contribution in [0.5, 0.6) is 0 Å². The molecule has 1 aromatic rings. The summed E-state index contributed by atoms with van der Waals surface area (Å²) in [5.74, 6) is -0.768. The van der Waals surface area contributed by atoms with Gasteiger partial charge in [0.15, 0.2) is 0 Å². The quantitative estimate of drug-likeness (QED) is 0.764. The number of benzene rings is 1. The van der Waals surface area contributed by atoms with Crippen molar-refractivity contribution >= 4 is 0 Å². The molecular weight excluding hydrogens is 236 g/mol. The van der Waals surface area contributed by atoms with E-state index in [2.05, 4.69) is 5.32 Å². The minimum Gasteiger partial charge on any atom is -0.396 e. The highest BCUT2D eigenvalue weighted by Crippen LogP contribution is 2.39. The monoisotopic (exact) mass is 255 g/mol. The van der Waals surface area contributed by atoms with E-state index in [4.69, 9.17) is 0 Å². The van der Waals surface area contributed by atoms with Gasteiger partial charge in [0.2, 0.25) is 0 Å². The number of halogens is 2. The molecule has 1 saturated carbocycles. The minimum atomic E-state index is -0.405. The first kappa shape index (κ1) is 13.4. The molecule has 1 fully saturated rings. The third kappa shape index (κ3) is 3.06. The van der Waals surface area contributed by atoms with Crippen LogP contribution < -0.4 is 5.32 Å². The first-order valence-corrected chi connectivity index (χ1v) is 6.41. The van der Waals surface area contributed by atoms with Crippen molar-refractivity contribution in [3.05, 3.63) is 35.4 Å². The zero-order chi connectivity index (χ0) is 13.0. The van der Waals surface area contributed by atoms with E-state index in [9.17, 15) is 13.9 Å². The molecule has 0 aromatic heterocycles. The fourth-order valence-corrected chi connectivity index (χ4v) is 2.38. The molecule has 0 unspecified atom stereocenters. The predicted octanol–water partition coefficient (Wildman–Crippen LogP) is 2.26. The van der Waals surface area contributed by atoms with Crippen molar-refractivity contribution in [3.63, 3.8) is 0 Å². The van der Waals surface area contributed by atoms with Gasteiger partial charge in [0.1, 0.15) is 11.6 Å². The predicted molar refractivity (Wildman–Crippen MR) is 66.3 cm³/mol. The largest absolute Gasteiger partial charge is 0.396 e. The van der Waals surface area contributed by atoms with Crippen LogP contribution in [0.4, 0.5) is 8.78 Å². The number of hydrogen-bond donors (Lipinski definition) is 2. The SMILES string of the molecule is OCC1(CNCCc2cc(F)ccc2F)CCC1. The molecule has 0 atom stereocenters. The summed E-state index contributed by atoms with van der Waals surface area (Å²) >= 11 is 0. The number of aliphatic hydroxyl groups is 1. The van der Waals surface area contributed by atoms with Crippen molar-refractivity contribution in [3.8, 4) is 0 Å². The third-order valence-electron chi connectivity index (χ3n) is 3.83. The van der Waals surface area contributed by atoms with E-state index in [0.717, 1.165) is 31.5 Å². The first-order chi connectivity index (χ1) is 8.65. The highest BCUT2D eigenvalue weighted by atomic mass is 19.1. The fourth-order valence-electron chi connectivity index (χ4n) is 2.38. The van der Waals surface area contributed by atoms with E-state index in [1.165, 1.54) is 12.5 Å². The molecule has 1 aliphatic carbocycles. The van der Waals surface area contributed by atoms with Gasteiger partial charge in [-0.15, -0.1) is 0 Å². The maximum Gasteiger partial charge on any atom is 0.126 e. The Bertz CT molecular complexity index is 399. The second kappa shape index (κ2) is 5.76. The Balaban J connectivity index is 1.76. The lowest BCUT2D eigenvalue weighted by molar-refractivity contribution is 0.0450. The van der Waals surface area contributed by atoms with Crippen molar-refractivity contribution in [2.24, 2.45) is 5.41 Å². The number of hydrogen-bond acceptors (Lipinski definition) is 2. The molecule has 0 amide bonds. The lowest BCUT2D eigenvalue weighted by atomic mass is 9.69. The van der Waals surface area contributed by atoms with Crippen LogP contribution in [0.15, 0.2) is 18.2 Å². The standard InChI is InChI=1S/C14H19F2NO/c15-12-2-3-13(16)11(8-12)4-7-17-9-14(10-18)5-1-6-14/h2-3,8,17-18H,1,4-7,9-10H2. The van der Waals surface area contributed by atoms with Gasteiger partial charge in [-0.05, 0) is 49.6 Å². The molecule has 0 heterocycles. The van der Waals surface area contributed by atoms with Crippen molar-refractivity contribution in [1.29, 1.82) is 0 Å². The van der Waals surface area contributed by atoms with E-state index in [1.54, 1.807) is 0 Å². The maximum absolute atomic E-state index is 13.3. The van der Waals surface area contributed by atoms with Gasteiger partial charge in [0.25, 0.3) is 0 Å². The molecule has 1 aromatic carbocycles. The van der Waals surface area contributed by atoms with Crippen LogP contribution in [0.25, 0.3) is 0 Å². The van der Waals surface area contributed by atoms with Gasteiger partial charge in [0.05, 0.1) is 0 Å². The van der Waals surface area contributed by atoms with Crippen molar-refractivity contribution in [1.82, 2.24) is 5.32 Å². The molecule has 4 heteroatoms. The Kier molecular flexibility index (Phi) is 4.30. The van der Waals surface area contributed by atoms with Gasteiger partial charge in [-0.3, -0.25) is 0 Å². The van der Waals surface area contributed by atoms with E-state index >= 15 is 0 Å². The fraction of sp³-hybridized carbons (Fsp3) is 0.571. The average molecular weight is 255 g/mol. The highest BCUT2D eigenvalue weighted by Gasteiger charge is 2.35. The van der Waals surface area contributed by atoms with Crippen LogP contribution in [0.2, 0.25) is 0 Å². The summed E-state index contributed by atoms with van der Waals surface area (Å²) in [6.07, 6.45) is 3.72. The topological polar surface area (TPSA) is 32.3 Å². The Hall–Kier alpha value is -1.00. The van der Waals surface area contributed by atoms with E-state index in [1.807, 2.05) is 0 Å². The van der Waals surface area contributed by atoms with Gasteiger partial charge >= 0.3 is 0 Å². The van der Waals surface area contributed by atoms with Crippen LogP contribution in [0.1, 0.15) is 24.8 Å². The zero-order valence-electron chi connectivity index (χ0n) is 10.4. The summed E-state index contributed by atoms with van der Waals surface area (Å²) in [6.45, 7) is 1.55. The Morgan fingerprint density at radius 2 is 2.06 bits per heavy atom. The normalized spacial score (nSPS) is 17.5. The third-order valence-corrected chi connectivity index (χ3v) is 3.83. The second-order valence-corrected chi connectivity index (χ2v) is 5.17. The summed E-state index contributed by atoms with van der Waals surface area (Å²) in [6, 6.07) is 3.52. The van der Waals surface area contributed by atoms with Crippen LogP contribution in [-0.2, 0) is 6.42 Å². The van der Waals surface area contributed by atoms with Gasteiger partial charge in [-0.25, -0.2) is 8.78 Å². The Labute approximate surface area is 106 Å². The number of nitrogens with one attached hydrogen (secondary N) is 1.